The summed E-state index contributed by atoms with van der Waals surface area (Å²) in [6.07, 6.45) is 3.19. The fourth-order valence-corrected chi connectivity index (χ4v) is 4.43. The number of hydrogen-bond donors (Lipinski definition) is 0. The van der Waals surface area contributed by atoms with Crippen LogP contribution in [0.15, 0.2) is 42.5 Å². The van der Waals surface area contributed by atoms with E-state index in [-0.39, 0.29) is 24.0 Å². The number of carbonyl (C=O) groups excluding carboxylic acids is 1. The number of fused-ring (bicyclic) bond motifs is 1. The molecule has 0 unspecified atom stereocenters. The van der Waals surface area contributed by atoms with Crippen molar-refractivity contribution in [2.75, 3.05) is 31.1 Å². The Balaban J connectivity index is 0.00000385. The van der Waals surface area contributed by atoms with Crippen LogP contribution >= 0.6 is 23.7 Å². The monoisotopic (exact) mass is 488 g/mol. The maximum atomic E-state index is 13.2. The molecular weight excluding hydrogens is 460 g/mol. The number of carbonyl (C=O) groups is 1. The Hall–Kier alpha value is -2.81. The van der Waals surface area contributed by atoms with Crippen molar-refractivity contribution < 1.29 is 9.72 Å². The molecule has 0 atom stereocenters. The van der Waals surface area contributed by atoms with Gasteiger partial charge in [-0.25, -0.2) is 4.98 Å². The van der Waals surface area contributed by atoms with E-state index in [1.165, 1.54) is 35.1 Å². The third-order valence-electron chi connectivity index (χ3n) is 5.63. The molecule has 0 aliphatic heterocycles. The lowest BCUT2D eigenvalue weighted by Gasteiger charge is -2.23. The number of non-ortho nitro benzene ring substituents is 1. The molecule has 1 heterocycles. The van der Waals surface area contributed by atoms with Gasteiger partial charge in [0, 0.05) is 31.3 Å². The summed E-state index contributed by atoms with van der Waals surface area (Å²) in [5.74, 6) is -0.163. The van der Waals surface area contributed by atoms with Crippen molar-refractivity contribution in [3.63, 3.8) is 0 Å². The molecule has 0 saturated carbocycles. The lowest BCUT2D eigenvalue weighted by atomic mass is 10.1. The first-order valence-corrected chi connectivity index (χ1v) is 11.5. The van der Waals surface area contributed by atoms with Crippen molar-refractivity contribution in [1.29, 1.82) is 0 Å². The Morgan fingerprint density at radius 1 is 1.09 bits per heavy atom. The van der Waals surface area contributed by atoms with Gasteiger partial charge in [0.05, 0.1) is 15.1 Å². The predicted molar refractivity (Wildman–Crippen MR) is 139 cm³/mol. The number of benzene rings is 2. The van der Waals surface area contributed by atoms with Gasteiger partial charge in [-0.3, -0.25) is 19.8 Å². The van der Waals surface area contributed by atoms with Gasteiger partial charge in [0.25, 0.3) is 11.6 Å². The third kappa shape index (κ3) is 6.37. The van der Waals surface area contributed by atoms with Crippen molar-refractivity contribution in [3.8, 4) is 0 Å². The standard InChI is InChI=1S/C24H28N4O3S.ClH/c1-5-26(6-2)15-16-27(24-25-23-18(4)17(3)7-13-21(23)32-24)22(29)14-10-19-8-11-20(12-9-19)28(30)31;/h7-14H,5-6,15-16H2,1-4H3;1H. The summed E-state index contributed by atoms with van der Waals surface area (Å²) in [5, 5.41) is 11.5. The number of aromatic nitrogens is 1. The molecule has 0 bridgehead atoms. The fourth-order valence-electron chi connectivity index (χ4n) is 3.38. The number of hydrogen-bond acceptors (Lipinski definition) is 6. The summed E-state index contributed by atoms with van der Waals surface area (Å²) >= 11 is 1.52. The number of rotatable bonds is 9. The van der Waals surface area contributed by atoms with Gasteiger partial charge >= 0.3 is 0 Å². The van der Waals surface area contributed by atoms with Crippen molar-refractivity contribution >= 4 is 56.8 Å². The largest absolute Gasteiger partial charge is 0.302 e. The zero-order valence-corrected chi connectivity index (χ0v) is 20.9. The molecule has 3 aromatic rings. The molecule has 1 aromatic heterocycles. The van der Waals surface area contributed by atoms with E-state index in [2.05, 4.69) is 44.7 Å². The SMILES string of the molecule is CCN(CC)CCN(C(=O)C=Cc1ccc([N+](=O)[O-])cc1)c1nc2c(C)c(C)ccc2s1.Cl. The smallest absolute Gasteiger partial charge is 0.269 e. The summed E-state index contributed by atoms with van der Waals surface area (Å²) in [5.41, 5.74) is 3.99. The van der Waals surface area contributed by atoms with Crippen LogP contribution < -0.4 is 4.90 Å². The lowest BCUT2D eigenvalue weighted by molar-refractivity contribution is -0.384. The molecule has 33 heavy (non-hydrogen) atoms. The van der Waals surface area contributed by atoms with Crippen molar-refractivity contribution in [2.24, 2.45) is 0 Å². The number of nitrogens with zero attached hydrogens (tertiary/aromatic N) is 4. The highest BCUT2D eigenvalue weighted by atomic mass is 35.5. The molecule has 0 spiro atoms. The Bertz CT molecular complexity index is 1140. The second-order valence-electron chi connectivity index (χ2n) is 7.55. The first-order chi connectivity index (χ1) is 15.3. The number of nitro groups is 1. The molecule has 3 rings (SSSR count). The zero-order valence-electron chi connectivity index (χ0n) is 19.3. The molecular formula is C24H29ClN4O3S. The van der Waals surface area contributed by atoms with Gasteiger partial charge < -0.3 is 4.90 Å². The summed E-state index contributed by atoms with van der Waals surface area (Å²) in [7, 11) is 0. The highest BCUT2D eigenvalue weighted by Gasteiger charge is 2.19. The summed E-state index contributed by atoms with van der Waals surface area (Å²) < 4.78 is 1.06. The van der Waals surface area contributed by atoms with Crippen LogP contribution in [0.3, 0.4) is 0 Å². The van der Waals surface area contributed by atoms with E-state index in [0.29, 0.717) is 11.7 Å². The average molecular weight is 489 g/mol. The molecule has 0 aliphatic carbocycles. The number of halogens is 1. The van der Waals surface area contributed by atoms with Gasteiger partial charge in [-0.05, 0) is 67.9 Å². The van der Waals surface area contributed by atoms with Gasteiger partial charge in [-0.2, -0.15) is 0 Å². The normalized spacial score (nSPS) is 11.2. The van der Waals surface area contributed by atoms with E-state index in [1.807, 2.05) is 0 Å². The molecule has 2 aromatic carbocycles. The molecule has 0 aliphatic rings. The molecule has 9 heteroatoms. The van der Waals surface area contributed by atoms with Crippen LogP contribution in [0.25, 0.3) is 16.3 Å². The van der Waals surface area contributed by atoms with Crippen molar-refractivity contribution in [2.45, 2.75) is 27.7 Å². The first-order valence-electron chi connectivity index (χ1n) is 10.7. The van der Waals surface area contributed by atoms with Gasteiger partial charge in [-0.1, -0.05) is 31.3 Å². The number of thiazole rings is 1. The Morgan fingerprint density at radius 3 is 2.36 bits per heavy atom. The highest BCUT2D eigenvalue weighted by molar-refractivity contribution is 7.22. The van der Waals surface area contributed by atoms with E-state index in [0.717, 1.165) is 41.0 Å². The molecule has 0 saturated heterocycles. The molecule has 0 fully saturated rings. The predicted octanol–water partition coefficient (Wildman–Crippen LogP) is 5.63. The Kier molecular flexibility index (Phi) is 9.52. The topological polar surface area (TPSA) is 79.6 Å². The minimum Gasteiger partial charge on any atom is -0.302 e. The van der Waals surface area contributed by atoms with Crippen LogP contribution in [-0.4, -0.2) is 46.9 Å². The third-order valence-corrected chi connectivity index (χ3v) is 6.67. The molecule has 1 amide bonds. The summed E-state index contributed by atoms with van der Waals surface area (Å²) in [4.78, 5) is 32.4. The Labute approximate surface area is 204 Å². The maximum Gasteiger partial charge on any atom is 0.269 e. The highest BCUT2D eigenvalue weighted by Crippen LogP contribution is 2.32. The van der Waals surface area contributed by atoms with Crippen LogP contribution in [-0.2, 0) is 4.79 Å². The number of aryl methyl sites for hydroxylation is 2. The van der Waals surface area contributed by atoms with Crippen LogP contribution in [0.4, 0.5) is 10.8 Å². The van der Waals surface area contributed by atoms with E-state index in [1.54, 1.807) is 23.1 Å². The lowest BCUT2D eigenvalue weighted by Crippen LogP contribution is -2.38. The Morgan fingerprint density at radius 2 is 1.76 bits per heavy atom. The second kappa shape index (κ2) is 11.9. The van der Waals surface area contributed by atoms with Crippen LogP contribution in [0.5, 0.6) is 0 Å². The minimum absolute atomic E-state index is 0. The van der Waals surface area contributed by atoms with Gasteiger partial charge in [0.15, 0.2) is 5.13 Å². The van der Waals surface area contributed by atoms with Crippen LogP contribution in [0.1, 0.15) is 30.5 Å². The van der Waals surface area contributed by atoms with Gasteiger partial charge in [0.2, 0.25) is 0 Å². The maximum absolute atomic E-state index is 13.2. The average Bonchev–Trinajstić information content (AvgIpc) is 3.22. The van der Waals surface area contributed by atoms with Crippen molar-refractivity contribution in [3.05, 3.63) is 69.3 Å². The number of nitro benzene ring substituents is 1. The fraction of sp³-hybridized carbons (Fsp3) is 0.333. The number of anilines is 1. The zero-order chi connectivity index (χ0) is 23.3. The van der Waals surface area contributed by atoms with E-state index >= 15 is 0 Å². The van der Waals surface area contributed by atoms with Gasteiger partial charge in [0.1, 0.15) is 0 Å². The van der Waals surface area contributed by atoms with E-state index < -0.39 is 4.92 Å². The first kappa shape index (κ1) is 26.4. The minimum atomic E-state index is -0.440. The van der Waals surface area contributed by atoms with Crippen LogP contribution in [0, 0.1) is 24.0 Å². The number of likely N-dealkylation sites (N-methyl/N-ethyl adjacent to an activating group) is 1. The van der Waals surface area contributed by atoms with E-state index in [9.17, 15) is 14.9 Å². The van der Waals surface area contributed by atoms with Gasteiger partial charge in [-0.15, -0.1) is 12.4 Å². The summed E-state index contributed by atoms with van der Waals surface area (Å²) in [6, 6.07) is 10.3. The molecule has 176 valence electrons. The van der Waals surface area contributed by atoms with E-state index in [4.69, 9.17) is 4.98 Å². The molecule has 0 N–H and O–H groups in total. The number of amides is 1. The molecule has 0 radical (unpaired) electrons. The quantitative estimate of drug-likeness (QED) is 0.221. The second-order valence-corrected chi connectivity index (χ2v) is 8.56. The molecule has 7 nitrogen and oxygen atoms in total. The van der Waals surface area contributed by atoms with Crippen molar-refractivity contribution in [1.82, 2.24) is 9.88 Å². The van der Waals surface area contributed by atoms with Crippen LogP contribution in [0.2, 0.25) is 0 Å². The summed E-state index contributed by atoms with van der Waals surface area (Å²) in [6.45, 7) is 11.4.